The maximum absolute atomic E-state index is 10.9. The van der Waals surface area contributed by atoms with E-state index in [4.69, 9.17) is 5.11 Å². The molecule has 0 aliphatic carbocycles. The van der Waals surface area contributed by atoms with Crippen LogP contribution in [0.5, 0.6) is 0 Å². The molecule has 1 aromatic heterocycles. The Morgan fingerprint density at radius 1 is 1.69 bits per heavy atom. The van der Waals surface area contributed by atoms with Gasteiger partial charge < -0.3 is 5.11 Å². The van der Waals surface area contributed by atoms with E-state index in [1.165, 1.54) is 11.3 Å². The summed E-state index contributed by atoms with van der Waals surface area (Å²) in [6.45, 7) is 7.19. The average Bonchev–Trinajstić information content (AvgIpc) is 2.51. The van der Waals surface area contributed by atoms with E-state index in [0.29, 0.717) is 6.42 Å². The lowest BCUT2D eigenvalue weighted by Gasteiger charge is -2.16. The zero-order valence-electron chi connectivity index (χ0n) is 7.83. The van der Waals surface area contributed by atoms with Crippen LogP contribution in [0.3, 0.4) is 0 Å². The largest absolute Gasteiger partial charge is 0.481 e. The molecule has 1 aromatic rings. The molecule has 0 amide bonds. The van der Waals surface area contributed by atoms with Gasteiger partial charge in [-0.2, -0.15) is 0 Å². The molecule has 0 bridgehead atoms. The molecule has 0 aliphatic heterocycles. The first kappa shape index (κ1) is 10.3. The SMILES string of the molecule is [CH2]Cc1csc(C(C)(C)C(=O)O)c1. The molecule has 3 heteroatoms. The van der Waals surface area contributed by atoms with Gasteiger partial charge in [-0.25, -0.2) is 0 Å². The van der Waals surface area contributed by atoms with E-state index in [1.54, 1.807) is 13.8 Å². The van der Waals surface area contributed by atoms with Crippen LogP contribution >= 0.6 is 11.3 Å². The van der Waals surface area contributed by atoms with Crippen molar-refractivity contribution in [1.29, 1.82) is 0 Å². The molecule has 0 aliphatic rings. The van der Waals surface area contributed by atoms with Crippen molar-refractivity contribution < 1.29 is 9.90 Å². The second-order valence-corrected chi connectivity index (χ2v) is 4.41. The van der Waals surface area contributed by atoms with Gasteiger partial charge in [0.15, 0.2) is 0 Å². The molecular weight excluding hydrogens is 184 g/mol. The quantitative estimate of drug-likeness (QED) is 0.808. The predicted octanol–water partition coefficient (Wildman–Crippen LogP) is 2.49. The van der Waals surface area contributed by atoms with Crippen molar-refractivity contribution in [1.82, 2.24) is 0 Å². The van der Waals surface area contributed by atoms with Crippen molar-refractivity contribution in [3.8, 4) is 0 Å². The summed E-state index contributed by atoms with van der Waals surface area (Å²) in [6, 6.07) is 1.92. The van der Waals surface area contributed by atoms with Gasteiger partial charge in [-0.1, -0.05) is 0 Å². The number of carboxylic acids is 1. The van der Waals surface area contributed by atoms with Crippen molar-refractivity contribution in [2.45, 2.75) is 25.7 Å². The van der Waals surface area contributed by atoms with Crippen LogP contribution in [0, 0.1) is 6.92 Å². The summed E-state index contributed by atoms with van der Waals surface area (Å²) >= 11 is 1.49. The van der Waals surface area contributed by atoms with E-state index < -0.39 is 11.4 Å². The van der Waals surface area contributed by atoms with Gasteiger partial charge >= 0.3 is 5.97 Å². The van der Waals surface area contributed by atoms with Gasteiger partial charge in [0.1, 0.15) is 0 Å². The summed E-state index contributed by atoms with van der Waals surface area (Å²) in [5.41, 5.74) is 0.326. The lowest BCUT2D eigenvalue weighted by Crippen LogP contribution is -2.27. The van der Waals surface area contributed by atoms with Crippen LogP contribution in [0.15, 0.2) is 11.4 Å². The number of carboxylic acid groups (broad SMARTS) is 1. The van der Waals surface area contributed by atoms with Crippen molar-refractivity contribution in [3.05, 3.63) is 28.8 Å². The zero-order valence-corrected chi connectivity index (χ0v) is 8.65. The number of hydrogen-bond donors (Lipinski definition) is 1. The molecule has 71 valence electrons. The molecule has 0 spiro atoms. The first-order valence-electron chi connectivity index (χ1n) is 4.09. The van der Waals surface area contributed by atoms with Gasteiger partial charge in [-0.3, -0.25) is 4.79 Å². The smallest absolute Gasteiger partial charge is 0.314 e. The van der Waals surface area contributed by atoms with Crippen molar-refractivity contribution >= 4 is 17.3 Å². The Morgan fingerprint density at radius 2 is 2.31 bits per heavy atom. The standard InChI is InChI=1S/C10H13O2S/c1-4-7-5-8(13-6-7)10(2,3)9(11)12/h5-6H,1,4H2,2-3H3,(H,11,12). The minimum atomic E-state index is -0.787. The topological polar surface area (TPSA) is 37.3 Å². The Balaban J connectivity index is 3.00. The fourth-order valence-electron chi connectivity index (χ4n) is 0.940. The summed E-state index contributed by atoms with van der Waals surface area (Å²) in [5.74, 6) is -0.787. The summed E-state index contributed by atoms with van der Waals surface area (Å²) in [7, 11) is 0. The zero-order chi connectivity index (χ0) is 10.1. The molecule has 1 rings (SSSR count). The Kier molecular flexibility index (Phi) is 2.76. The molecule has 13 heavy (non-hydrogen) atoms. The van der Waals surface area contributed by atoms with Crippen LogP contribution in [-0.4, -0.2) is 11.1 Å². The van der Waals surface area contributed by atoms with E-state index in [2.05, 4.69) is 6.92 Å². The number of rotatable bonds is 3. The summed E-state index contributed by atoms with van der Waals surface area (Å²) in [5, 5.41) is 10.9. The molecule has 0 aromatic carbocycles. The molecule has 1 heterocycles. The number of aliphatic carboxylic acids is 1. The van der Waals surface area contributed by atoms with E-state index in [0.717, 1.165) is 10.4 Å². The van der Waals surface area contributed by atoms with Crippen molar-refractivity contribution in [2.75, 3.05) is 0 Å². The van der Waals surface area contributed by atoms with E-state index in [-0.39, 0.29) is 0 Å². The third-order valence-electron chi connectivity index (χ3n) is 2.09. The lowest BCUT2D eigenvalue weighted by molar-refractivity contribution is -0.142. The number of thiophene rings is 1. The van der Waals surface area contributed by atoms with Gasteiger partial charge in [-0.05, 0) is 44.2 Å². The second-order valence-electron chi connectivity index (χ2n) is 3.50. The molecular formula is C10H13O2S. The molecule has 1 N–H and O–H groups in total. The van der Waals surface area contributed by atoms with Crippen LogP contribution in [0.25, 0.3) is 0 Å². The minimum absolute atomic E-state index is 0.714. The van der Waals surface area contributed by atoms with E-state index >= 15 is 0 Å². The van der Waals surface area contributed by atoms with Crippen LogP contribution in [0.4, 0.5) is 0 Å². The number of carbonyl (C=O) groups is 1. The van der Waals surface area contributed by atoms with Gasteiger partial charge in [0.25, 0.3) is 0 Å². The van der Waals surface area contributed by atoms with Gasteiger partial charge in [0, 0.05) is 4.88 Å². The first-order chi connectivity index (χ1) is 5.98. The molecule has 0 saturated heterocycles. The lowest BCUT2D eigenvalue weighted by atomic mass is 9.91. The van der Waals surface area contributed by atoms with Gasteiger partial charge in [0.2, 0.25) is 0 Å². The van der Waals surface area contributed by atoms with Crippen molar-refractivity contribution in [3.63, 3.8) is 0 Å². The van der Waals surface area contributed by atoms with E-state index in [1.807, 2.05) is 11.4 Å². The third kappa shape index (κ3) is 1.91. The third-order valence-corrected chi connectivity index (χ3v) is 3.40. The highest BCUT2D eigenvalue weighted by molar-refractivity contribution is 7.10. The minimum Gasteiger partial charge on any atom is -0.481 e. The van der Waals surface area contributed by atoms with Crippen LogP contribution in [0.2, 0.25) is 0 Å². The van der Waals surface area contributed by atoms with Gasteiger partial charge in [0.05, 0.1) is 5.41 Å². The highest BCUT2D eigenvalue weighted by Crippen LogP contribution is 2.29. The molecule has 0 fully saturated rings. The summed E-state index contributed by atoms with van der Waals surface area (Å²) in [6.07, 6.45) is 0.714. The van der Waals surface area contributed by atoms with Gasteiger partial charge in [-0.15, -0.1) is 11.3 Å². The molecule has 0 saturated carbocycles. The summed E-state index contributed by atoms with van der Waals surface area (Å²) in [4.78, 5) is 11.8. The maximum atomic E-state index is 10.9. The average molecular weight is 197 g/mol. The molecule has 1 radical (unpaired) electrons. The maximum Gasteiger partial charge on any atom is 0.314 e. The molecule has 0 atom stereocenters. The molecule has 0 unspecified atom stereocenters. The molecule has 2 nitrogen and oxygen atoms in total. The first-order valence-corrected chi connectivity index (χ1v) is 4.97. The highest BCUT2D eigenvalue weighted by Gasteiger charge is 2.30. The Morgan fingerprint density at radius 3 is 2.69 bits per heavy atom. The summed E-state index contributed by atoms with van der Waals surface area (Å²) < 4.78 is 0. The predicted molar refractivity (Wildman–Crippen MR) is 54.0 cm³/mol. The highest BCUT2D eigenvalue weighted by atomic mass is 32.1. The Hall–Kier alpha value is -0.830. The van der Waals surface area contributed by atoms with Crippen LogP contribution in [0.1, 0.15) is 24.3 Å². The van der Waals surface area contributed by atoms with Crippen molar-refractivity contribution in [2.24, 2.45) is 0 Å². The van der Waals surface area contributed by atoms with Crippen LogP contribution < -0.4 is 0 Å². The fraction of sp³-hybridized carbons (Fsp3) is 0.400. The van der Waals surface area contributed by atoms with Crippen LogP contribution in [-0.2, 0) is 16.6 Å². The second kappa shape index (κ2) is 3.50. The normalized spacial score (nSPS) is 11.6. The monoisotopic (exact) mass is 197 g/mol. The Bertz CT molecular complexity index is 312. The Labute approximate surface area is 82.2 Å². The van der Waals surface area contributed by atoms with E-state index in [9.17, 15) is 4.79 Å². The fourth-order valence-corrected chi connectivity index (χ4v) is 2.01. The number of hydrogen-bond acceptors (Lipinski definition) is 2.